The van der Waals surface area contributed by atoms with Gasteiger partial charge in [0, 0.05) is 37.2 Å². The van der Waals surface area contributed by atoms with Crippen molar-refractivity contribution in [1.29, 1.82) is 0 Å². The quantitative estimate of drug-likeness (QED) is 0.155. The first-order chi connectivity index (χ1) is 30.3. The molecule has 1 nitrogen and oxygen atoms in total. The van der Waals surface area contributed by atoms with Gasteiger partial charge in [0.1, 0.15) is 0 Å². The van der Waals surface area contributed by atoms with E-state index in [9.17, 15) is 0 Å². The summed E-state index contributed by atoms with van der Waals surface area (Å²) >= 11 is 1.89. The summed E-state index contributed by atoms with van der Waals surface area (Å²) in [6.45, 7) is 0. The van der Waals surface area contributed by atoms with Crippen LogP contribution in [0.3, 0.4) is 0 Å². The molecule has 0 radical (unpaired) electrons. The number of hydrogen-bond acceptors (Lipinski definition) is 2. The first-order valence-electron chi connectivity index (χ1n) is 21.0. The van der Waals surface area contributed by atoms with Crippen LogP contribution >= 0.6 is 11.3 Å². The summed E-state index contributed by atoms with van der Waals surface area (Å²) in [5, 5.41) is 5.11. The van der Waals surface area contributed by atoms with Crippen molar-refractivity contribution in [3.05, 3.63) is 259 Å². The number of hydrogen-bond donors (Lipinski definition) is 0. The number of anilines is 3. The Bertz CT molecular complexity index is 3350. The summed E-state index contributed by atoms with van der Waals surface area (Å²) in [4.78, 5) is 2.36. The molecule has 11 aromatic rings. The molecule has 0 unspecified atom stereocenters. The second-order valence-electron chi connectivity index (χ2n) is 16.0. The lowest BCUT2D eigenvalue weighted by Crippen LogP contribution is -2.28. The molecular formula is C59H39NS. The summed E-state index contributed by atoms with van der Waals surface area (Å²) in [7, 11) is 0. The van der Waals surface area contributed by atoms with Crippen LogP contribution in [0.5, 0.6) is 0 Å². The lowest BCUT2D eigenvalue weighted by atomic mass is 9.66. The fourth-order valence-corrected chi connectivity index (χ4v) is 11.3. The van der Waals surface area contributed by atoms with Gasteiger partial charge in [0.05, 0.1) is 5.41 Å². The van der Waals surface area contributed by atoms with E-state index >= 15 is 0 Å². The summed E-state index contributed by atoms with van der Waals surface area (Å²) < 4.78 is 2.58. The van der Waals surface area contributed by atoms with E-state index in [1.165, 1.54) is 86.6 Å². The number of para-hydroxylation sites is 1. The van der Waals surface area contributed by atoms with Gasteiger partial charge in [-0.2, -0.15) is 0 Å². The van der Waals surface area contributed by atoms with E-state index in [1.54, 1.807) is 0 Å². The largest absolute Gasteiger partial charge is 0.310 e. The minimum absolute atomic E-state index is 0.473. The number of thiophene rings is 1. The molecule has 286 valence electrons. The fourth-order valence-electron chi connectivity index (χ4n) is 10.1. The van der Waals surface area contributed by atoms with E-state index in [4.69, 9.17) is 0 Å². The van der Waals surface area contributed by atoms with E-state index in [0.29, 0.717) is 0 Å². The lowest BCUT2D eigenvalue weighted by Gasteiger charge is -2.35. The predicted molar refractivity (Wildman–Crippen MR) is 260 cm³/mol. The van der Waals surface area contributed by atoms with Crippen molar-refractivity contribution in [3.8, 4) is 33.4 Å². The molecule has 0 N–H and O–H groups in total. The molecular weight excluding hydrogens is 755 g/mol. The molecule has 0 bridgehead atoms. The average molecular weight is 794 g/mol. The molecule has 12 rings (SSSR count). The van der Waals surface area contributed by atoms with Crippen LogP contribution in [-0.4, -0.2) is 0 Å². The maximum Gasteiger partial charge on any atom is 0.0719 e. The van der Waals surface area contributed by atoms with Gasteiger partial charge in [-0.1, -0.05) is 200 Å². The highest BCUT2D eigenvalue weighted by atomic mass is 32.1. The minimum Gasteiger partial charge on any atom is -0.310 e. The van der Waals surface area contributed by atoms with Crippen molar-refractivity contribution < 1.29 is 0 Å². The summed E-state index contributed by atoms with van der Waals surface area (Å²) in [5.74, 6) is 0. The Balaban J connectivity index is 0.978. The molecule has 0 saturated carbocycles. The topological polar surface area (TPSA) is 3.24 Å². The summed E-state index contributed by atoms with van der Waals surface area (Å²) in [6.07, 6.45) is 0. The molecule has 0 amide bonds. The van der Waals surface area contributed by atoms with Crippen molar-refractivity contribution in [2.75, 3.05) is 4.90 Å². The Morgan fingerprint density at radius 2 is 0.852 bits per heavy atom. The maximum absolute atomic E-state index is 2.39. The van der Waals surface area contributed by atoms with E-state index in [1.807, 2.05) is 11.3 Å². The van der Waals surface area contributed by atoms with Gasteiger partial charge in [-0.25, -0.2) is 0 Å². The van der Waals surface area contributed by atoms with E-state index < -0.39 is 5.41 Å². The molecule has 1 heterocycles. The highest BCUT2D eigenvalue weighted by Crippen LogP contribution is 2.57. The Hall–Kier alpha value is -7.52. The van der Waals surface area contributed by atoms with E-state index in [0.717, 1.165) is 17.1 Å². The molecule has 10 aromatic carbocycles. The van der Waals surface area contributed by atoms with Crippen LogP contribution in [0.25, 0.3) is 64.3 Å². The first kappa shape index (κ1) is 35.4. The third kappa shape index (κ3) is 5.60. The highest BCUT2D eigenvalue weighted by molar-refractivity contribution is 7.26. The Labute approximate surface area is 360 Å². The Morgan fingerprint density at radius 3 is 1.61 bits per heavy atom. The van der Waals surface area contributed by atoms with Crippen LogP contribution in [0.1, 0.15) is 22.3 Å². The van der Waals surface area contributed by atoms with Gasteiger partial charge in [-0.05, 0) is 103 Å². The standard InChI is InChI=1S/C59H39NS/c1-3-15-40(16-4-1)41-31-35-46(36-32-41)60(45-19-5-2-6-20-45)47-37-38-52-53-25-14-24-49(58(53)61-57(52)39-47)43-29-33-44(34-30-43)59(54-28-13-18-42-17-7-8-21-48(42)54)55-26-11-9-22-50(55)51-23-10-12-27-56(51)59/h1-39H. The first-order valence-corrected chi connectivity index (χ1v) is 21.8. The van der Waals surface area contributed by atoms with Gasteiger partial charge in [-0.15, -0.1) is 11.3 Å². The second-order valence-corrected chi connectivity index (χ2v) is 17.0. The second kappa shape index (κ2) is 14.3. The highest BCUT2D eigenvalue weighted by Gasteiger charge is 2.46. The average Bonchev–Trinajstić information content (AvgIpc) is 3.86. The zero-order valence-corrected chi connectivity index (χ0v) is 34.2. The zero-order valence-electron chi connectivity index (χ0n) is 33.4. The normalized spacial score (nSPS) is 12.7. The van der Waals surface area contributed by atoms with Crippen molar-refractivity contribution in [1.82, 2.24) is 0 Å². The number of rotatable bonds is 7. The molecule has 1 aromatic heterocycles. The van der Waals surface area contributed by atoms with Crippen molar-refractivity contribution in [2.24, 2.45) is 0 Å². The van der Waals surface area contributed by atoms with Gasteiger partial charge in [0.2, 0.25) is 0 Å². The lowest BCUT2D eigenvalue weighted by molar-refractivity contribution is 0.776. The summed E-state index contributed by atoms with van der Waals surface area (Å²) in [5.41, 5.74) is 15.7. The van der Waals surface area contributed by atoms with Crippen LogP contribution in [-0.2, 0) is 5.41 Å². The predicted octanol–water partition coefficient (Wildman–Crippen LogP) is 16.4. The summed E-state index contributed by atoms with van der Waals surface area (Å²) in [6, 6.07) is 87.1. The van der Waals surface area contributed by atoms with E-state index in [-0.39, 0.29) is 0 Å². The smallest absolute Gasteiger partial charge is 0.0719 e. The molecule has 2 heteroatoms. The maximum atomic E-state index is 2.39. The monoisotopic (exact) mass is 793 g/mol. The molecule has 0 spiro atoms. The minimum atomic E-state index is -0.473. The zero-order chi connectivity index (χ0) is 40.3. The van der Waals surface area contributed by atoms with Crippen LogP contribution in [0.4, 0.5) is 17.1 Å². The Kier molecular flexibility index (Phi) is 8.33. The van der Waals surface area contributed by atoms with Crippen LogP contribution in [0.15, 0.2) is 237 Å². The van der Waals surface area contributed by atoms with E-state index in [2.05, 4.69) is 241 Å². The SMILES string of the molecule is c1ccc(-c2ccc(N(c3ccccc3)c3ccc4c(c3)sc3c(-c5ccc(C6(c7cccc8ccccc78)c7ccccc7-c7ccccc76)cc5)cccc34)cc2)cc1. The molecule has 0 saturated heterocycles. The van der Waals surface area contributed by atoms with Crippen LogP contribution in [0, 0.1) is 0 Å². The van der Waals surface area contributed by atoms with Gasteiger partial charge < -0.3 is 4.90 Å². The van der Waals surface area contributed by atoms with Crippen molar-refractivity contribution >= 4 is 59.3 Å². The van der Waals surface area contributed by atoms with Gasteiger partial charge in [0.15, 0.2) is 0 Å². The number of nitrogens with zero attached hydrogens (tertiary/aromatic N) is 1. The third-order valence-electron chi connectivity index (χ3n) is 12.8. The van der Waals surface area contributed by atoms with Gasteiger partial charge in [0.25, 0.3) is 0 Å². The fraction of sp³-hybridized carbons (Fsp3) is 0.0169. The number of benzene rings is 10. The van der Waals surface area contributed by atoms with Crippen LogP contribution < -0.4 is 4.90 Å². The van der Waals surface area contributed by atoms with Crippen LogP contribution in [0.2, 0.25) is 0 Å². The molecule has 0 atom stereocenters. The molecule has 1 aliphatic rings. The van der Waals surface area contributed by atoms with Crippen molar-refractivity contribution in [3.63, 3.8) is 0 Å². The number of fused-ring (bicyclic) bond motifs is 7. The van der Waals surface area contributed by atoms with Gasteiger partial charge in [-0.3, -0.25) is 0 Å². The molecule has 0 aliphatic heterocycles. The van der Waals surface area contributed by atoms with Crippen molar-refractivity contribution in [2.45, 2.75) is 5.41 Å². The molecule has 61 heavy (non-hydrogen) atoms. The third-order valence-corrected chi connectivity index (χ3v) is 14.0. The van der Waals surface area contributed by atoms with Gasteiger partial charge >= 0.3 is 0 Å². The molecule has 1 aliphatic carbocycles. The molecule has 0 fully saturated rings. The Morgan fingerprint density at radius 1 is 0.328 bits per heavy atom.